The Morgan fingerprint density at radius 1 is 1.26 bits per heavy atom. The van der Waals surface area contributed by atoms with Gasteiger partial charge < -0.3 is 4.74 Å². The maximum atomic E-state index is 13.1. The van der Waals surface area contributed by atoms with Crippen LogP contribution in [-0.2, 0) is 14.3 Å². The first kappa shape index (κ1) is 21.8. The molecule has 10 heteroatoms. The summed E-state index contributed by atoms with van der Waals surface area (Å²) in [5, 5.41) is 15.3. The van der Waals surface area contributed by atoms with Crippen molar-refractivity contribution in [3.05, 3.63) is 81.5 Å². The fraction of sp³-hybridized carbons (Fsp3) is 0.0952. The zero-order valence-corrected chi connectivity index (χ0v) is 17.0. The first-order valence-electron chi connectivity index (χ1n) is 8.97. The molecule has 2 aromatic carbocycles. The maximum absolute atomic E-state index is 13.1. The van der Waals surface area contributed by atoms with Crippen LogP contribution < -0.4 is 5.32 Å². The molecule has 1 atom stereocenters. The minimum absolute atomic E-state index is 0.0667. The lowest BCUT2D eigenvalue weighted by Gasteiger charge is -2.10. The second-order valence-corrected chi connectivity index (χ2v) is 7.16. The molecule has 0 radical (unpaired) electrons. The molecule has 0 aliphatic carbocycles. The van der Waals surface area contributed by atoms with Crippen molar-refractivity contribution in [3.63, 3.8) is 0 Å². The third-order valence-corrected chi connectivity index (χ3v) is 4.77. The molecular formula is C21H16FN3O5S. The fourth-order valence-corrected chi connectivity index (χ4v) is 3.21. The van der Waals surface area contributed by atoms with Crippen LogP contribution in [0.25, 0.3) is 17.3 Å². The van der Waals surface area contributed by atoms with Crippen molar-refractivity contribution in [1.29, 1.82) is 0 Å². The number of esters is 1. The highest BCUT2D eigenvalue weighted by molar-refractivity contribution is 7.14. The SMILES string of the molecule is CC(OC(=O)C=Cc1cccc(F)c1)C(=O)Nc1nc(-c2cccc([N+](=O)[O-])c2)cs1. The summed E-state index contributed by atoms with van der Waals surface area (Å²) in [6.07, 6.45) is 1.37. The Morgan fingerprint density at radius 3 is 2.77 bits per heavy atom. The summed E-state index contributed by atoms with van der Waals surface area (Å²) in [5.41, 5.74) is 1.41. The molecule has 0 saturated carbocycles. The molecule has 1 heterocycles. The van der Waals surface area contributed by atoms with Gasteiger partial charge in [-0.15, -0.1) is 11.3 Å². The van der Waals surface area contributed by atoms with E-state index >= 15 is 0 Å². The van der Waals surface area contributed by atoms with Gasteiger partial charge >= 0.3 is 5.97 Å². The van der Waals surface area contributed by atoms with E-state index < -0.39 is 28.7 Å². The van der Waals surface area contributed by atoms with Crippen molar-refractivity contribution in [2.75, 3.05) is 5.32 Å². The van der Waals surface area contributed by atoms with Crippen LogP contribution in [0.1, 0.15) is 12.5 Å². The topological polar surface area (TPSA) is 111 Å². The number of nitro benzene ring substituents is 1. The van der Waals surface area contributed by atoms with E-state index in [1.807, 2.05) is 0 Å². The van der Waals surface area contributed by atoms with Gasteiger partial charge in [-0.25, -0.2) is 14.2 Å². The van der Waals surface area contributed by atoms with Gasteiger partial charge in [0.15, 0.2) is 11.2 Å². The van der Waals surface area contributed by atoms with Crippen molar-refractivity contribution in [2.45, 2.75) is 13.0 Å². The van der Waals surface area contributed by atoms with Gasteiger partial charge in [-0.2, -0.15) is 0 Å². The largest absolute Gasteiger partial charge is 0.449 e. The van der Waals surface area contributed by atoms with Crippen molar-refractivity contribution < 1.29 is 23.6 Å². The van der Waals surface area contributed by atoms with Gasteiger partial charge in [0, 0.05) is 29.2 Å². The first-order valence-corrected chi connectivity index (χ1v) is 9.85. The van der Waals surface area contributed by atoms with Gasteiger partial charge in [0.05, 0.1) is 10.6 Å². The summed E-state index contributed by atoms with van der Waals surface area (Å²) in [4.78, 5) is 38.8. The van der Waals surface area contributed by atoms with Crippen LogP contribution in [0, 0.1) is 15.9 Å². The Kier molecular flexibility index (Phi) is 6.83. The summed E-state index contributed by atoms with van der Waals surface area (Å²) in [5.74, 6) is -1.79. The van der Waals surface area contributed by atoms with Crippen molar-refractivity contribution in [2.24, 2.45) is 0 Å². The molecule has 0 saturated heterocycles. The lowest BCUT2D eigenvalue weighted by atomic mass is 10.1. The molecule has 0 aliphatic heterocycles. The molecule has 8 nitrogen and oxygen atoms in total. The number of amides is 1. The number of rotatable bonds is 7. The van der Waals surface area contributed by atoms with Gasteiger partial charge in [-0.3, -0.25) is 20.2 Å². The predicted octanol–water partition coefficient (Wildman–Crippen LogP) is 4.44. The van der Waals surface area contributed by atoms with E-state index in [2.05, 4.69) is 10.3 Å². The first-order chi connectivity index (χ1) is 14.8. The summed E-state index contributed by atoms with van der Waals surface area (Å²) in [6, 6.07) is 11.6. The molecule has 0 bridgehead atoms. The Labute approximate surface area is 180 Å². The number of nitro groups is 1. The van der Waals surface area contributed by atoms with Crippen LogP contribution in [0.2, 0.25) is 0 Å². The van der Waals surface area contributed by atoms with Crippen LogP contribution in [-0.4, -0.2) is 27.9 Å². The molecule has 1 N–H and O–H groups in total. The van der Waals surface area contributed by atoms with E-state index in [1.165, 1.54) is 43.3 Å². The number of carbonyl (C=O) groups is 2. The fourth-order valence-electron chi connectivity index (χ4n) is 2.49. The maximum Gasteiger partial charge on any atom is 0.331 e. The second kappa shape index (κ2) is 9.72. The zero-order valence-electron chi connectivity index (χ0n) is 16.2. The van der Waals surface area contributed by atoms with Crippen molar-refractivity contribution in [3.8, 4) is 11.3 Å². The number of aromatic nitrogens is 1. The number of non-ortho nitro benzene ring substituents is 1. The lowest BCUT2D eigenvalue weighted by Crippen LogP contribution is -2.29. The Balaban J connectivity index is 1.58. The Bertz CT molecular complexity index is 1160. The van der Waals surface area contributed by atoms with E-state index in [4.69, 9.17) is 4.74 Å². The molecule has 1 amide bonds. The van der Waals surface area contributed by atoms with Crippen LogP contribution in [0.15, 0.2) is 60.0 Å². The number of thiazole rings is 1. The van der Waals surface area contributed by atoms with Crippen LogP contribution in [0.4, 0.5) is 15.2 Å². The summed E-state index contributed by atoms with van der Waals surface area (Å²) >= 11 is 1.13. The van der Waals surface area contributed by atoms with Gasteiger partial charge in [0.2, 0.25) is 0 Å². The zero-order chi connectivity index (χ0) is 22.4. The minimum atomic E-state index is -1.10. The number of nitrogens with zero attached hydrogens (tertiary/aromatic N) is 2. The second-order valence-electron chi connectivity index (χ2n) is 6.30. The molecule has 1 aromatic heterocycles. The molecule has 31 heavy (non-hydrogen) atoms. The van der Waals surface area contributed by atoms with Gasteiger partial charge in [0.25, 0.3) is 11.6 Å². The summed E-state index contributed by atoms with van der Waals surface area (Å²) in [6.45, 7) is 1.40. The van der Waals surface area contributed by atoms with Crippen LogP contribution in [0.5, 0.6) is 0 Å². The standard InChI is InChI=1S/C21H16FN3O5S/c1-13(30-19(26)9-8-14-4-2-6-16(22)10-14)20(27)24-21-23-18(12-31-21)15-5-3-7-17(11-15)25(28)29/h2-13H,1H3,(H,23,24,27). The van der Waals surface area contributed by atoms with Crippen LogP contribution >= 0.6 is 11.3 Å². The third kappa shape index (κ3) is 6.03. The molecule has 1 unspecified atom stereocenters. The molecule has 3 aromatic rings. The highest BCUT2D eigenvalue weighted by atomic mass is 32.1. The Hall–Kier alpha value is -3.92. The number of hydrogen-bond acceptors (Lipinski definition) is 7. The number of halogens is 1. The number of ether oxygens (including phenoxy) is 1. The van der Waals surface area contributed by atoms with E-state index in [0.29, 0.717) is 16.8 Å². The molecular weight excluding hydrogens is 425 g/mol. The molecule has 158 valence electrons. The summed E-state index contributed by atoms with van der Waals surface area (Å²) in [7, 11) is 0. The normalized spacial score (nSPS) is 11.8. The molecule has 3 rings (SSSR count). The van der Waals surface area contributed by atoms with E-state index in [9.17, 15) is 24.1 Å². The minimum Gasteiger partial charge on any atom is -0.449 e. The van der Waals surface area contributed by atoms with E-state index in [-0.39, 0.29) is 10.8 Å². The van der Waals surface area contributed by atoms with Crippen molar-refractivity contribution in [1.82, 2.24) is 4.98 Å². The van der Waals surface area contributed by atoms with Crippen molar-refractivity contribution >= 4 is 40.1 Å². The smallest absolute Gasteiger partial charge is 0.331 e. The summed E-state index contributed by atoms with van der Waals surface area (Å²) < 4.78 is 18.2. The number of benzene rings is 2. The number of nitrogens with one attached hydrogen (secondary N) is 1. The molecule has 0 spiro atoms. The van der Waals surface area contributed by atoms with Gasteiger partial charge in [-0.05, 0) is 30.7 Å². The molecule has 0 aliphatic rings. The van der Waals surface area contributed by atoms with Gasteiger partial charge in [-0.1, -0.05) is 24.3 Å². The van der Waals surface area contributed by atoms with E-state index in [1.54, 1.807) is 23.6 Å². The Morgan fingerprint density at radius 2 is 2.03 bits per heavy atom. The van der Waals surface area contributed by atoms with E-state index in [0.717, 1.165) is 17.4 Å². The quantitative estimate of drug-likeness (QED) is 0.251. The monoisotopic (exact) mass is 441 g/mol. The number of hydrogen-bond donors (Lipinski definition) is 1. The lowest BCUT2D eigenvalue weighted by molar-refractivity contribution is -0.384. The number of anilines is 1. The average molecular weight is 441 g/mol. The highest BCUT2D eigenvalue weighted by Crippen LogP contribution is 2.27. The third-order valence-electron chi connectivity index (χ3n) is 4.01. The number of carbonyl (C=O) groups excluding carboxylic acids is 2. The highest BCUT2D eigenvalue weighted by Gasteiger charge is 2.18. The average Bonchev–Trinajstić information content (AvgIpc) is 3.21. The van der Waals surface area contributed by atoms with Crippen LogP contribution in [0.3, 0.4) is 0 Å². The molecule has 0 fully saturated rings. The van der Waals surface area contributed by atoms with Gasteiger partial charge in [0.1, 0.15) is 5.82 Å². The predicted molar refractivity (Wildman–Crippen MR) is 114 cm³/mol.